The molecule has 0 fully saturated rings. The van der Waals surface area contributed by atoms with E-state index in [-0.39, 0.29) is 17.2 Å². The molecule has 0 saturated heterocycles. The van der Waals surface area contributed by atoms with Crippen LogP contribution in [0.4, 0.5) is 8.78 Å². The lowest BCUT2D eigenvalue weighted by atomic mass is 10.2. The minimum Gasteiger partial charge on any atom is -0.434 e. The zero-order valence-corrected chi connectivity index (χ0v) is 17.3. The Hall–Kier alpha value is -2.43. The monoisotopic (exact) mass is 446 g/mol. The van der Waals surface area contributed by atoms with Crippen LogP contribution in [0.15, 0.2) is 52.4 Å². The number of nitrogens with zero attached hydrogens (tertiary/aromatic N) is 1. The Kier molecular flexibility index (Phi) is 8.18. The van der Waals surface area contributed by atoms with Gasteiger partial charge in [0.25, 0.3) is 0 Å². The van der Waals surface area contributed by atoms with Crippen molar-refractivity contribution in [2.75, 3.05) is 14.1 Å². The molecule has 0 saturated carbocycles. The molecule has 0 amide bonds. The first kappa shape index (κ1) is 22.9. The zero-order valence-electron chi connectivity index (χ0n) is 15.7. The molecule has 11 heteroatoms. The van der Waals surface area contributed by atoms with Gasteiger partial charge in [-0.1, -0.05) is 23.7 Å². The fourth-order valence-corrected chi connectivity index (χ4v) is 3.31. The molecule has 2 rings (SSSR count). The predicted octanol–water partition coefficient (Wildman–Crippen LogP) is 2.71. The van der Waals surface area contributed by atoms with Crippen LogP contribution in [0.25, 0.3) is 0 Å². The molecule has 7 nitrogen and oxygen atoms in total. The first-order valence-electron chi connectivity index (χ1n) is 8.45. The van der Waals surface area contributed by atoms with E-state index < -0.39 is 16.6 Å². The van der Waals surface area contributed by atoms with E-state index >= 15 is 0 Å². The molecule has 3 N–H and O–H groups in total. The Morgan fingerprint density at radius 3 is 2.38 bits per heavy atom. The van der Waals surface area contributed by atoms with Gasteiger partial charge in [-0.2, -0.15) is 8.78 Å². The molecular formula is C18H21ClF2N4O3S. The summed E-state index contributed by atoms with van der Waals surface area (Å²) in [5.41, 5.74) is 1.27. The largest absolute Gasteiger partial charge is 0.434 e. The van der Waals surface area contributed by atoms with Crippen molar-refractivity contribution in [3.05, 3.63) is 58.6 Å². The average molecular weight is 447 g/mol. The fourth-order valence-electron chi connectivity index (χ4n) is 2.39. The number of hydrogen-bond donors (Lipinski definition) is 3. The Bertz CT molecular complexity index is 954. The van der Waals surface area contributed by atoms with Crippen LogP contribution < -0.4 is 20.1 Å². The summed E-state index contributed by atoms with van der Waals surface area (Å²) in [6, 6.07) is 10.7. The summed E-state index contributed by atoms with van der Waals surface area (Å²) in [6.45, 7) is -2.42. The Labute approximate surface area is 173 Å². The van der Waals surface area contributed by atoms with Crippen LogP contribution >= 0.6 is 11.6 Å². The van der Waals surface area contributed by atoms with Gasteiger partial charge in [0.1, 0.15) is 5.75 Å². The van der Waals surface area contributed by atoms with E-state index in [0.717, 1.165) is 5.56 Å². The lowest BCUT2D eigenvalue weighted by Gasteiger charge is -2.15. The van der Waals surface area contributed by atoms with Gasteiger partial charge in [-0.15, -0.1) is 0 Å². The van der Waals surface area contributed by atoms with Crippen LogP contribution in [0.3, 0.4) is 0 Å². The van der Waals surface area contributed by atoms with Crippen molar-refractivity contribution in [3.63, 3.8) is 0 Å². The van der Waals surface area contributed by atoms with Crippen molar-refractivity contribution < 1.29 is 21.9 Å². The first-order chi connectivity index (χ1) is 13.7. The van der Waals surface area contributed by atoms with Gasteiger partial charge in [-0.25, -0.2) is 13.1 Å². The Morgan fingerprint density at radius 1 is 1.14 bits per heavy atom. The van der Waals surface area contributed by atoms with Gasteiger partial charge in [0.2, 0.25) is 10.0 Å². The van der Waals surface area contributed by atoms with Gasteiger partial charge in [-0.3, -0.25) is 4.99 Å². The van der Waals surface area contributed by atoms with Crippen LogP contribution in [-0.4, -0.2) is 35.1 Å². The third-order valence-electron chi connectivity index (χ3n) is 3.87. The van der Waals surface area contributed by atoms with Crippen molar-refractivity contribution in [2.24, 2.45) is 4.99 Å². The second-order valence-electron chi connectivity index (χ2n) is 5.76. The van der Waals surface area contributed by atoms with Gasteiger partial charge in [0.05, 0.1) is 4.90 Å². The maximum Gasteiger partial charge on any atom is 0.387 e. The van der Waals surface area contributed by atoms with Crippen molar-refractivity contribution in [3.8, 4) is 5.75 Å². The van der Waals surface area contributed by atoms with E-state index in [9.17, 15) is 17.2 Å². The normalized spacial score (nSPS) is 12.1. The molecule has 0 bridgehead atoms. The minimum atomic E-state index is -3.49. The molecule has 0 atom stereocenters. The highest BCUT2D eigenvalue weighted by molar-refractivity contribution is 7.89. The minimum absolute atomic E-state index is 0.0219. The van der Waals surface area contributed by atoms with Gasteiger partial charge in [-0.05, 0) is 42.9 Å². The molecular weight excluding hydrogens is 426 g/mol. The van der Waals surface area contributed by atoms with Crippen molar-refractivity contribution in [1.29, 1.82) is 0 Å². The van der Waals surface area contributed by atoms with Crippen LogP contribution in [-0.2, 0) is 23.1 Å². The van der Waals surface area contributed by atoms with Crippen LogP contribution in [0.1, 0.15) is 11.1 Å². The molecule has 0 heterocycles. The highest BCUT2D eigenvalue weighted by atomic mass is 35.5. The number of nitrogens with one attached hydrogen (secondary N) is 3. The number of ether oxygens (including phenoxy) is 1. The molecule has 0 aromatic heterocycles. The SMILES string of the molecule is CN=C(NCc1ccc(S(=O)(=O)NC)cc1)NCc1cc(Cl)ccc1OC(F)F. The summed E-state index contributed by atoms with van der Waals surface area (Å²) < 4.78 is 55.3. The van der Waals surface area contributed by atoms with Crippen molar-refractivity contribution >= 4 is 27.6 Å². The number of alkyl halides is 2. The molecule has 2 aromatic rings. The van der Waals surface area contributed by atoms with Gasteiger partial charge < -0.3 is 15.4 Å². The number of benzene rings is 2. The number of guanidine groups is 1. The summed E-state index contributed by atoms with van der Waals surface area (Å²) in [5, 5.41) is 6.44. The quantitative estimate of drug-likeness (QED) is 0.428. The van der Waals surface area contributed by atoms with E-state index in [1.807, 2.05) is 0 Å². The third-order valence-corrected chi connectivity index (χ3v) is 5.54. The number of rotatable bonds is 8. The fraction of sp³-hybridized carbons (Fsp3) is 0.278. The zero-order chi connectivity index (χ0) is 21.4. The van der Waals surface area contributed by atoms with Gasteiger partial charge in [0.15, 0.2) is 5.96 Å². The highest BCUT2D eigenvalue weighted by Gasteiger charge is 2.12. The maximum atomic E-state index is 12.5. The van der Waals surface area contributed by atoms with E-state index in [1.165, 1.54) is 37.4 Å². The summed E-state index contributed by atoms with van der Waals surface area (Å²) >= 11 is 5.94. The van der Waals surface area contributed by atoms with E-state index in [2.05, 4.69) is 25.1 Å². The van der Waals surface area contributed by atoms with Crippen LogP contribution in [0.2, 0.25) is 5.02 Å². The number of sulfonamides is 1. The highest BCUT2D eigenvalue weighted by Crippen LogP contribution is 2.24. The molecule has 29 heavy (non-hydrogen) atoms. The van der Waals surface area contributed by atoms with Gasteiger partial charge in [0, 0.05) is 30.7 Å². The smallest absolute Gasteiger partial charge is 0.387 e. The topological polar surface area (TPSA) is 91.8 Å². The third kappa shape index (κ3) is 6.84. The standard InChI is InChI=1S/C18H21ClF2N4O3S/c1-22-18(24-10-12-3-6-15(7-4-12)29(26,27)23-2)25-11-13-9-14(19)5-8-16(13)28-17(20)21/h3-9,17,23H,10-11H2,1-2H3,(H2,22,24,25). The summed E-state index contributed by atoms with van der Waals surface area (Å²) in [7, 11) is -0.582. The van der Waals surface area contributed by atoms with Crippen LogP contribution in [0, 0.1) is 0 Å². The molecule has 0 aliphatic carbocycles. The maximum absolute atomic E-state index is 12.5. The van der Waals surface area contributed by atoms with Gasteiger partial charge >= 0.3 is 6.61 Å². The molecule has 0 radical (unpaired) electrons. The predicted molar refractivity (Wildman–Crippen MR) is 108 cm³/mol. The molecule has 0 aliphatic rings. The van der Waals surface area contributed by atoms with Crippen LogP contribution in [0.5, 0.6) is 5.75 Å². The second-order valence-corrected chi connectivity index (χ2v) is 8.08. The summed E-state index contributed by atoms with van der Waals surface area (Å²) in [4.78, 5) is 4.23. The molecule has 0 spiro atoms. The first-order valence-corrected chi connectivity index (χ1v) is 10.3. The van der Waals surface area contributed by atoms with Crippen molar-refractivity contribution in [2.45, 2.75) is 24.6 Å². The lowest BCUT2D eigenvalue weighted by Crippen LogP contribution is -2.36. The van der Waals surface area contributed by atoms with Crippen molar-refractivity contribution in [1.82, 2.24) is 15.4 Å². The average Bonchev–Trinajstić information content (AvgIpc) is 2.70. The Morgan fingerprint density at radius 2 is 1.79 bits per heavy atom. The number of halogens is 3. The number of aliphatic imine (C=N–C) groups is 1. The molecule has 0 unspecified atom stereocenters. The molecule has 158 valence electrons. The summed E-state index contributed by atoms with van der Waals surface area (Å²) in [5.74, 6) is 0.439. The number of hydrogen-bond acceptors (Lipinski definition) is 4. The summed E-state index contributed by atoms with van der Waals surface area (Å²) in [6.07, 6.45) is 0. The lowest BCUT2D eigenvalue weighted by molar-refractivity contribution is -0.0504. The van der Waals surface area contributed by atoms with E-state index in [1.54, 1.807) is 19.2 Å². The molecule has 2 aromatic carbocycles. The van der Waals surface area contributed by atoms with E-state index in [4.69, 9.17) is 11.6 Å². The van der Waals surface area contributed by atoms with E-state index in [0.29, 0.717) is 23.1 Å². The molecule has 0 aliphatic heterocycles. The Balaban J connectivity index is 1.98. The second kappa shape index (κ2) is 10.4.